The first-order valence-electron chi connectivity index (χ1n) is 9.39. The normalized spacial score (nSPS) is 13.4. The van der Waals surface area contributed by atoms with Crippen molar-refractivity contribution in [2.45, 2.75) is 0 Å². The van der Waals surface area contributed by atoms with Crippen LogP contribution in [0.5, 0.6) is 0 Å². The summed E-state index contributed by atoms with van der Waals surface area (Å²) in [5, 5.41) is 5.95. The van der Waals surface area contributed by atoms with E-state index in [1.54, 1.807) is 12.1 Å². The number of anilines is 1. The first-order valence-corrected chi connectivity index (χ1v) is 10.6. The van der Waals surface area contributed by atoms with Gasteiger partial charge >= 0.3 is 0 Å². The van der Waals surface area contributed by atoms with Gasteiger partial charge in [-0.05, 0) is 42.0 Å². The summed E-state index contributed by atoms with van der Waals surface area (Å²) in [6.07, 6.45) is 1.92. The average molecular weight is 436 g/mol. The Morgan fingerprint density at radius 1 is 1.07 bits per heavy atom. The molecule has 150 valence electrons. The highest BCUT2D eigenvalue weighted by atomic mass is 35.5. The fourth-order valence-electron chi connectivity index (χ4n) is 3.31. The van der Waals surface area contributed by atoms with Crippen molar-refractivity contribution in [3.63, 3.8) is 0 Å². The number of thiophene rings is 1. The van der Waals surface area contributed by atoms with Crippen LogP contribution in [0.3, 0.4) is 0 Å². The number of halogens is 1. The van der Waals surface area contributed by atoms with Gasteiger partial charge in [-0.2, -0.15) is 0 Å². The molecule has 8 heteroatoms. The lowest BCUT2D eigenvalue weighted by Crippen LogP contribution is -2.38. The average Bonchev–Trinajstić information content (AvgIpc) is 3.51. The van der Waals surface area contributed by atoms with E-state index in [0.29, 0.717) is 15.8 Å². The molecule has 0 bridgehead atoms. The second-order valence-corrected chi connectivity index (χ2v) is 8.58. The molecule has 0 fully saturated rings. The predicted octanol–water partition coefficient (Wildman–Crippen LogP) is 4.65. The van der Waals surface area contributed by atoms with Crippen LogP contribution in [0.1, 0.15) is 9.67 Å². The minimum absolute atomic E-state index is 0.143. The molecule has 1 amide bonds. The van der Waals surface area contributed by atoms with Gasteiger partial charge in [0, 0.05) is 22.8 Å². The third kappa shape index (κ3) is 3.78. The van der Waals surface area contributed by atoms with Crippen LogP contribution in [-0.4, -0.2) is 17.4 Å². The van der Waals surface area contributed by atoms with Crippen molar-refractivity contribution in [3.05, 3.63) is 87.8 Å². The zero-order valence-corrected chi connectivity index (χ0v) is 17.3. The molecule has 0 saturated carbocycles. The number of para-hydroxylation sites is 1. The number of hydrogen-bond donors (Lipinski definition) is 4. The Balaban J connectivity index is 1.24. The molecule has 0 saturated heterocycles. The van der Waals surface area contributed by atoms with Gasteiger partial charge < -0.3 is 15.7 Å². The van der Waals surface area contributed by atoms with E-state index in [1.165, 1.54) is 16.7 Å². The fraction of sp³-hybridized carbons (Fsp3) is 0.0455. The van der Waals surface area contributed by atoms with Gasteiger partial charge in [-0.3, -0.25) is 9.80 Å². The van der Waals surface area contributed by atoms with Crippen LogP contribution in [0.2, 0.25) is 4.34 Å². The Labute approximate surface area is 182 Å². The highest BCUT2D eigenvalue weighted by Gasteiger charge is 2.15. The van der Waals surface area contributed by atoms with Gasteiger partial charge in [-0.1, -0.05) is 41.9 Å². The highest BCUT2D eigenvalue weighted by Crippen LogP contribution is 2.26. The van der Waals surface area contributed by atoms with Gasteiger partial charge in [0.25, 0.3) is 5.91 Å². The lowest BCUT2D eigenvalue weighted by atomic mass is 10.1. The topological polar surface area (TPSA) is 72.2 Å². The van der Waals surface area contributed by atoms with Crippen LogP contribution in [0.25, 0.3) is 22.2 Å². The minimum atomic E-state index is -0.143. The van der Waals surface area contributed by atoms with Crippen molar-refractivity contribution < 1.29 is 4.79 Å². The second kappa shape index (κ2) is 7.87. The summed E-state index contributed by atoms with van der Waals surface area (Å²) in [5.74, 6) is -0.143. The van der Waals surface area contributed by atoms with E-state index in [-0.39, 0.29) is 5.91 Å². The summed E-state index contributed by atoms with van der Waals surface area (Å²) in [7, 11) is 0. The molecule has 4 N–H and O–H groups in total. The smallest absolute Gasteiger partial charge is 0.261 e. The number of carbonyl (C=O) groups is 1. The molecule has 3 heterocycles. The predicted molar refractivity (Wildman–Crippen MR) is 122 cm³/mol. The first kappa shape index (κ1) is 18.7. The van der Waals surface area contributed by atoms with E-state index in [0.717, 1.165) is 28.2 Å². The largest absolute Gasteiger partial charge is 0.355 e. The number of nitrogens with one attached hydrogen (secondary N) is 4. The number of aromatic nitrogens is 1. The summed E-state index contributed by atoms with van der Waals surface area (Å²) >= 11 is 7.15. The number of rotatable bonds is 5. The molecule has 5 rings (SSSR count). The van der Waals surface area contributed by atoms with Gasteiger partial charge in [0.15, 0.2) is 0 Å². The Kier molecular flexibility index (Phi) is 4.92. The molecule has 30 heavy (non-hydrogen) atoms. The van der Waals surface area contributed by atoms with E-state index in [9.17, 15) is 4.79 Å². The molecule has 1 aliphatic rings. The number of aromatic amines is 1. The van der Waals surface area contributed by atoms with Crippen LogP contribution in [0.4, 0.5) is 5.69 Å². The highest BCUT2D eigenvalue weighted by molar-refractivity contribution is 7.18. The van der Waals surface area contributed by atoms with Crippen molar-refractivity contribution in [1.29, 1.82) is 0 Å². The van der Waals surface area contributed by atoms with E-state index < -0.39 is 0 Å². The lowest BCUT2D eigenvalue weighted by molar-refractivity contribution is 0.0960. The molecule has 0 atom stereocenters. The number of carbonyl (C=O) groups excluding carboxylic acids is 1. The molecule has 4 aromatic rings. The van der Waals surface area contributed by atoms with E-state index in [2.05, 4.69) is 51.6 Å². The second-order valence-electron chi connectivity index (χ2n) is 6.86. The van der Waals surface area contributed by atoms with Crippen molar-refractivity contribution in [2.24, 2.45) is 0 Å². The third-order valence-corrected chi connectivity index (χ3v) is 6.07. The Morgan fingerprint density at radius 2 is 1.90 bits per heavy atom. The lowest BCUT2D eigenvalue weighted by Gasteiger charge is -2.15. The quantitative estimate of drug-likeness (QED) is 0.368. The molecule has 0 unspecified atom stereocenters. The number of hydrogen-bond acceptors (Lipinski definition) is 5. The van der Waals surface area contributed by atoms with Gasteiger partial charge in [-0.15, -0.1) is 16.9 Å². The number of benzene rings is 2. The van der Waals surface area contributed by atoms with Gasteiger partial charge in [0.1, 0.15) is 0 Å². The zero-order valence-electron chi connectivity index (χ0n) is 15.8. The molecule has 0 spiro atoms. The summed E-state index contributed by atoms with van der Waals surface area (Å²) in [4.78, 5) is 16.2. The molecule has 2 aromatic carbocycles. The Morgan fingerprint density at radius 3 is 2.67 bits per heavy atom. The molecule has 2 aromatic heterocycles. The monoisotopic (exact) mass is 435 g/mol. The number of H-pyrrole nitrogens is 1. The van der Waals surface area contributed by atoms with Crippen LogP contribution in [-0.2, 0) is 0 Å². The minimum Gasteiger partial charge on any atom is -0.355 e. The maximum atomic E-state index is 12.2. The molecule has 6 nitrogen and oxygen atoms in total. The number of hydrazine groups is 2. The molecule has 0 aliphatic carbocycles. The maximum Gasteiger partial charge on any atom is 0.261 e. The SMILES string of the molecule is O=C(NCC1=CN(c2ccc(-c3cc4ccccc4[nH]3)cc2)NN1)c1ccc(Cl)s1. The third-order valence-electron chi connectivity index (χ3n) is 4.84. The van der Waals surface area contributed by atoms with E-state index in [1.807, 2.05) is 35.5 Å². The van der Waals surface area contributed by atoms with E-state index >= 15 is 0 Å². The molecular weight excluding hydrogens is 418 g/mol. The van der Waals surface area contributed by atoms with Crippen LogP contribution < -0.4 is 21.3 Å². The van der Waals surface area contributed by atoms with Crippen molar-refractivity contribution in [1.82, 2.24) is 21.3 Å². The van der Waals surface area contributed by atoms with E-state index in [4.69, 9.17) is 11.6 Å². The number of fused-ring (bicyclic) bond motifs is 1. The van der Waals surface area contributed by atoms with Gasteiger partial charge in [0.05, 0.1) is 27.1 Å². The summed E-state index contributed by atoms with van der Waals surface area (Å²) < 4.78 is 0.599. The van der Waals surface area contributed by atoms with Crippen LogP contribution in [0, 0.1) is 0 Å². The first-order chi connectivity index (χ1) is 14.7. The Hall–Kier alpha value is -3.26. The fourth-order valence-corrected chi connectivity index (χ4v) is 4.27. The standard InChI is InChI=1S/C22H18ClN5OS/c23-21-10-9-20(30-21)22(29)24-12-16-13-28(27-26-16)17-7-5-14(6-8-17)19-11-15-3-1-2-4-18(15)25-19/h1-11,13,25-27H,12H2,(H,24,29). The van der Waals surface area contributed by atoms with Crippen LogP contribution in [0.15, 0.2) is 78.6 Å². The summed E-state index contributed by atoms with van der Waals surface area (Å²) in [5.41, 5.74) is 11.3. The van der Waals surface area contributed by atoms with Crippen molar-refractivity contribution >= 4 is 45.4 Å². The molecule has 0 radical (unpaired) electrons. The Bertz CT molecular complexity index is 1210. The van der Waals surface area contributed by atoms with Crippen LogP contribution >= 0.6 is 22.9 Å². The van der Waals surface area contributed by atoms with Gasteiger partial charge in [0.2, 0.25) is 0 Å². The summed E-state index contributed by atoms with van der Waals surface area (Å²) in [6.45, 7) is 0.380. The van der Waals surface area contributed by atoms with Crippen molar-refractivity contribution in [3.8, 4) is 11.3 Å². The molecular formula is C22H18ClN5OS. The number of amides is 1. The maximum absolute atomic E-state index is 12.2. The summed E-state index contributed by atoms with van der Waals surface area (Å²) in [6, 6.07) is 22.1. The molecule has 1 aliphatic heterocycles. The van der Waals surface area contributed by atoms with Crippen molar-refractivity contribution in [2.75, 3.05) is 11.6 Å². The van der Waals surface area contributed by atoms with Gasteiger partial charge in [-0.25, -0.2) is 0 Å². The number of nitrogens with zero attached hydrogens (tertiary/aromatic N) is 1. The zero-order chi connectivity index (χ0) is 20.5.